The normalized spacial score (nSPS) is 9.78. The first-order valence-corrected chi connectivity index (χ1v) is 2.26. The molecule has 0 heterocycles. The number of rotatable bonds is 0. The maximum Gasteiger partial charge on any atom is 1.00 e. The third kappa shape index (κ3) is 12.0. The summed E-state index contributed by atoms with van der Waals surface area (Å²) < 4.78 is 35.1. The van der Waals surface area contributed by atoms with Gasteiger partial charge in [0.2, 0.25) is 4.38 Å². The van der Waals surface area contributed by atoms with Gasteiger partial charge in [0, 0.05) is 0 Å². The zero-order valence-electron chi connectivity index (χ0n) is 5.40. The summed E-state index contributed by atoms with van der Waals surface area (Å²) >= 11 is 6.95. The molecule has 0 aliphatic heterocycles. The van der Waals surface area contributed by atoms with E-state index in [2.05, 4.69) is 29.6 Å². The second kappa shape index (κ2) is 4.44. The van der Waals surface area contributed by atoms with Gasteiger partial charge >= 0.3 is 25.2 Å². The molecular weight excluding hydrogens is 168 g/mol. The van der Waals surface area contributed by atoms with Crippen molar-refractivity contribution in [3.8, 4) is 0 Å². The van der Waals surface area contributed by atoms with Crippen LogP contribution >= 0.6 is 24.8 Å². The standard InChI is InChI=1S/C2HF3OS2.Li.H/c3-2(4,5)6-1(7)8;;/h(H,7,8);;/q;+1;-1. The predicted molar refractivity (Wildman–Crippen MR) is 29.8 cm³/mol. The molecule has 0 aliphatic carbocycles. The monoisotopic (exact) mass is 170 g/mol. The van der Waals surface area contributed by atoms with E-state index in [1.54, 1.807) is 0 Å². The average Bonchev–Trinajstić information content (AvgIpc) is 1.21. The summed E-state index contributed by atoms with van der Waals surface area (Å²) in [7, 11) is 0. The van der Waals surface area contributed by atoms with Crippen molar-refractivity contribution in [2.45, 2.75) is 6.36 Å². The van der Waals surface area contributed by atoms with Crippen molar-refractivity contribution in [2.75, 3.05) is 0 Å². The number of hydrogen-bond acceptors (Lipinski definition) is 2. The second-order valence-electron chi connectivity index (χ2n) is 0.814. The molecule has 0 saturated heterocycles. The molecule has 0 aliphatic rings. The largest absolute Gasteiger partial charge is 1.00 e. The molecule has 0 amide bonds. The van der Waals surface area contributed by atoms with Gasteiger partial charge < -0.3 is 6.16 Å². The Labute approximate surface area is 74.0 Å². The number of thiol groups is 1. The summed E-state index contributed by atoms with van der Waals surface area (Å²) in [6, 6.07) is 0. The Morgan fingerprint density at radius 1 is 1.56 bits per heavy atom. The van der Waals surface area contributed by atoms with E-state index in [4.69, 9.17) is 0 Å². The zero-order chi connectivity index (χ0) is 6.78. The predicted octanol–water partition coefficient (Wildman–Crippen LogP) is -1.15. The SMILES string of the molecule is FC(F)(F)OC(=S)S.[H-].[Li+]. The van der Waals surface area contributed by atoms with Crippen LogP contribution in [0.15, 0.2) is 0 Å². The number of thiocarbonyl (C=S) groups is 1. The minimum Gasteiger partial charge on any atom is -1.00 e. The Morgan fingerprint density at radius 2 is 1.89 bits per heavy atom. The first-order valence-electron chi connectivity index (χ1n) is 1.40. The van der Waals surface area contributed by atoms with Gasteiger partial charge in [-0.1, -0.05) is 12.6 Å². The summed E-state index contributed by atoms with van der Waals surface area (Å²) in [6.45, 7) is 0. The average molecular weight is 170 g/mol. The van der Waals surface area contributed by atoms with Crippen LogP contribution < -0.4 is 18.9 Å². The van der Waals surface area contributed by atoms with Crippen LogP contribution in [0.2, 0.25) is 0 Å². The molecule has 50 valence electrons. The summed E-state index contributed by atoms with van der Waals surface area (Å²) in [6.07, 6.45) is -4.70. The van der Waals surface area contributed by atoms with Gasteiger partial charge in [-0.3, -0.25) is 0 Å². The van der Waals surface area contributed by atoms with Crippen molar-refractivity contribution in [3.05, 3.63) is 0 Å². The minimum absolute atomic E-state index is 0. The summed E-state index contributed by atoms with van der Waals surface area (Å²) in [5, 5.41) is 0. The Hall–Kier alpha value is 0.627. The molecular formula is C2H2F3LiOS2. The molecule has 0 bridgehead atoms. The molecule has 0 spiro atoms. The van der Waals surface area contributed by atoms with Crippen LogP contribution in [0, 0.1) is 0 Å². The molecule has 0 N–H and O–H groups in total. The van der Waals surface area contributed by atoms with Crippen LogP contribution in [0.5, 0.6) is 0 Å². The quantitative estimate of drug-likeness (QED) is 0.279. The van der Waals surface area contributed by atoms with Gasteiger partial charge in [-0.05, 0) is 12.2 Å². The van der Waals surface area contributed by atoms with Crippen molar-refractivity contribution >= 4 is 29.2 Å². The van der Waals surface area contributed by atoms with Crippen LogP contribution in [0.25, 0.3) is 0 Å². The van der Waals surface area contributed by atoms with Crippen LogP contribution in [0.4, 0.5) is 13.2 Å². The van der Waals surface area contributed by atoms with Crippen LogP contribution in [-0.2, 0) is 4.74 Å². The van der Waals surface area contributed by atoms with Crippen molar-refractivity contribution in [1.29, 1.82) is 0 Å². The Bertz CT molecular complexity index is 107. The van der Waals surface area contributed by atoms with Crippen LogP contribution in [0.1, 0.15) is 1.43 Å². The van der Waals surface area contributed by atoms with E-state index in [1.807, 2.05) is 0 Å². The molecule has 9 heavy (non-hydrogen) atoms. The van der Waals surface area contributed by atoms with Gasteiger partial charge in [0.05, 0.1) is 0 Å². The van der Waals surface area contributed by atoms with Gasteiger partial charge in [0.25, 0.3) is 0 Å². The molecule has 0 rings (SSSR count). The van der Waals surface area contributed by atoms with Crippen LogP contribution in [-0.4, -0.2) is 10.7 Å². The zero-order valence-corrected chi connectivity index (χ0v) is 6.11. The van der Waals surface area contributed by atoms with E-state index in [0.717, 1.165) is 0 Å². The summed E-state index contributed by atoms with van der Waals surface area (Å²) in [4.78, 5) is 0. The fourth-order valence-corrected chi connectivity index (χ4v) is 0.297. The summed E-state index contributed by atoms with van der Waals surface area (Å²) in [5.41, 5.74) is 0. The Balaban J connectivity index is -0.000000245. The number of alkyl halides is 3. The fraction of sp³-hybridized carbons (Fsp3) is 0.500. The molecule has 1 nitrogen and oxygen atoms in total. The molecule has 0 radical (unpaired) electrons. The van der Waals surface area contributed by atoms with E-state index in [0.29, 0.717) is 0 Å². The van der Waals surface area contributed by atoms with E-state index in [-0.39, 0.29) is 20.3 Å². The molecule has 0 aromatic rings. The molecule has 0 saturated carbocycles. The maximum atomic E-state index is 10.9. The van der Waals surface area contributed by atoms with E-state index < -0.39 is 10.7 Å². The van der Waals surface area contributed by atoms with E-state index >= 15 is 0 Å². The van der Waals surface area contributed by atoms with E-state index in [9.17, 15) is 13.2 Å². The topological polar surface area (TPSA) is 9.23 Å². The Morgan fingerprint density at radius 3 is 1.89 bits per heavy atom. The third-order valence-corrected chi connectivity index (χ3v) is 0.378. The van der Waals surface area contributed by atoms with Gasteiger partial charge in [-0.25, -0.2) is 0 Å². The third-order valence-electron chi connectivity index (χ3n) is 0.203. The van der Waals surface area contributed by atoms with Gasteiger partial charge in [0.15, 0.2) is 0 Å². The van der Waals surface area contributed by atoms with Crippen molar-refractivity contribution in [3.63, 3.8) is 0 Å². The number of halogens is 3. The fourth-order valence-electron chi connectivity index (χ4n) is 0.0990. The van der Waals surface area contributed by atoms with Crippen molar-refractivity contribution in [2.24, 2.45) is 0 Å². The van der Waals surface area contributed by atoms with Crippen LogP contribution in [0.3, 0.4) is 0 Å². The molecule has 0 aromatic carbocycles. The van der Waals surface area contributed by atoms with Crippen molar-refractivity contribution < 1.29 is 38.2 Å². The molecule has 7 heteroatoms. The van der Waals surface area contributed by atoms with E-state index in [1.165, 1.54) is 0 Å². The van der Waals surface area contributed by atoms with Crippen molar-refractivity contribution in [1.82, 2.24) is 0 Å². The van der Waals surface area contributed by atoms with Gasteiger partial charge in [-0.2, -0.15) is 0 Å². The molecule has 0 atom stereocenters. The minimum atomic E-state index is -4.70. The second-order valence-corrected chi connectivity index (χ2v) is 1.89. The molecule has 0 unspecified atom stereocenters. The summed E-state index contributed by atoms with van der Waals surface area (Å²) in [5.74, 6) is 0. The first kappa shape index (κ1) is 12.3. The number of ether oxygens (including phenoxy) is 1. The van der Waals surface area contributed by atoms with Gasteiger partial charge in [-0.15, -0.1) is 13.2 Å². The first-order chi connectivity index (χ1) is 3.42. The maximum absolute atomic E-state index is 10.9. The Kier molecular flexibility index (Phi) is 6.08. The van der Waals surface area contributed by atoms with Gasteiger partial charge in [0.1, 0.15) is 0 Å². The smallest absolute Gasteiger partial charge is 1.00 e. The molecule has 0 fully saturated rings. The number of hydrogen-bond donors (Lipinski definition) is 1. The molecule has 0 aromatic heterocycles.